The highest BCUT2D eigenvalue weighted by molar-refractivity contribution is 6.31. The van der Waals surface area contributed by atoms with Crippen LogP contribution in [0.2, 0.25) is 5.02 Å². The van der Waals surface area contributed by atoms with Gasteiger partial charge in [0.15, 0.2) is 5.82 Å². The van der Waals surface area contributed by atoms with E-state index in [9.17, 15) is 4.79 Å². The molecule has 0 spiro atoms. The number of anilines is 1. The van der Waals surface area contributed by atoms with E-state index in [0.29, 0.717) is 22.9 Å². The highest BCUT2D eigenvalue weighted by Gasteiger charge is 2.11. The number of amides is 1. The molecule has 0 aliphatic carbocycles. The predicted octanol–water partition coefficient (Wildman–Crippen LogP) is 3.19. The summed E-state index contributed by atoms with van der Waals surface area (Å²) in [6.07, 6.45) is 1.78. The van der Waals surface area contributed by atoms with Gasteiger partial charge in [-0.3, -0.25) is 14.2 Å². The van der Waals surface area contributed by atoms with Crippen LogP contribution in [0.3, 0.4) is 0 Å². The van der Waals surface area contributed by atoms with Crippen molar-refractivity contribution in [3.63, 3.8) is 0 Å². The van der Waals surface area contributed by atoms with E-state index in [2.05, 4.69) is 15.5 Å². The number of carbonyl (C=O) groups excluding carboxylic acids is 1. The van der Waals surface area contributed by atoms with E-state index >= 15 is 0 Å². The second-order valence-electron chi connectivity index (χ2n) is 5.67. The number of nitrogens with one attached hydrogen (secondary N) is 1. The highest BCUT2D eigenvalue weighted by Crippen LogP contribution is 2.20. The van der Waals surface area contributed by atoms with Gasteiger partial charge in [-0.1, -0.05) is 23.7 Å². The Bertz CT molecular complexity index is 879. The maximum Gasteiger partial charge on any atom is 0.256 e. The Balaban J connectivity index is 1.70. The van der Waals surface area contributed by atoms with E-state index in [1.54, 1.807) is 36.1 Å². The summed E-state index contributed by atoms with van der Waals surface area (Å²) >= 11 is 6.17. The van der Waals surface area contributed by atoms with Gasteiger partial charge in [0.05, 0.1) is 23.0 Å². The number of carbonyl (C=O) groups is 1. The number of aromatic nitrogens is 4. The molecule has 1 amide bonds. The maximum atomic E-state index is 12.2. The number of rotatable bonds is 4. The lowest BCUT2D eigenvalue weighted by molar-refractivity contribution is 0.102. The van der Waals surface area contributed by atoms with Crippen LogP contribution in [0.25, 0.3) is 0 Å². The van der Waals surface area contributed by atoms with Crippen molar-refractivity contribution in [1.29, 1.82) is 0 Å². The predicted molar refractivity (Wildman–Crippen MR) is 93.4 cm³/mol. The lowest BCUT2D eigenvalue weighted by atomic mass is 10.1. The second-order valence-corrected chi connectivity index (χ2v) is 6.05. The molecule has 7 heteroatoms. The smallest absolute Gasteiger partial charge is 0.256 e. The molecule has 124 valence electrons. The zero-order valence-electron chi connectivity index (χ0n) is 13.7. The van der Waals surface area contributed by atoms with Crippen LogP contribution in [-0.2, 0) is 13.6 Å². The van der Waals surface area contributed by atoms with Gasteiger partial charge in [0, 0.05) is 24.9 Å². The molecule has 2 heterocycles. The molecule has 3 aromatic rings. The third kappa shape index (κ3) is 3.33. The summed E-state index contributed by atoms with van der Waals surface area (Å²) < 4.78 is 3.50. The Morgan fingerprint density at radius 3 is 2.42 bits per heavy atom. The van der Waals surface area contributed by atoms with E-state index in [1.807, 2.05) is 30.7 Å². The summed E-state index contributed by atoms with van der Waals surface area (Å²) in [6.45, 7) is 4.44. The molecule has 24 heavy (non-hydrogen) atoms. The van der Waals surface area contributed by atoms with Crippen LogP contribution in [0, 0.1) is 13.8 Å². The highest BCUT2D eigenvalue weighted by atomic mass is 35.5. The maximum absolute atomic E-state index is 12.2. The third-order valence-corrected chi connectivity index (χ3v) is 4.34. The molecule has 0 radical (unpaired) electrons. The summed E-state index contributed by atoms with van der Waals surface area (Å²) in [7, 11) is 1.80. The largest absolute Gasteiger partial charge is 0.305 e. The van der Waals surface area contributed by atoms with Gasteiger partial charge in [0.1, 0.15) is 0 Å². The van der Waals surface area contributed by atoms with Crippen molar-refractivity contribution >= 4 is 23.3 Å². The lowest BCUT2D eigenvalue weighted by Crippen LogP contribution is -2.12. The van der Waals surface area contributed by atoms with Crippen LogP contribution in [0.15, 0.2) is 36.5 Å². The van der Waals surface area contributed by atoms with Gasteiger partial charge in [-0.2, -0.15) is 10.2 Å². The summed E-state index contributed by atoms with van der Waals surface area (Å²) in [6, 6.07) is 9.16. The van der Waals surface area contributed by atoms with Crippen LogP contribution in [0.5, 0.6) is 0 Å². The molecule has 0 bridgehead atoms. The number of benzene rings is 1. The molecular weight excluding hydrogens is 326 g/mol. The first kappa shape index (κ1) is 16.3. The number of halogens is 1. The Labute approximate surface area is 145 Å². The van der Waals surface area contributed by atoms with Crippen molar-refractivity contribution in [2.45, 2.75) is 20.4 Å². The zero-order valence-corrected chi connectivity index (χ0v) is 14.5. The van der Waals surface area contributed by atoms with Crippen molar-refractivity contribution in [2.75, 3.05) is 5.32 Å². The van der Waals surface area contributed by atoms with Crippen molar-refractivity contribution in [3.05, 3.63) is 64.1 Å². The minimum absolute atomic E-state index is 0.186. The first-order valence-corrected chi connectivity index (χ1v) is 7.91. The Kier molecular flexibility index (Phi) is 4.40. The fourth-order valence-electron chi connectivity index (χ4n) is 2.43. The third-order valence-electron chi connectivity index (χ3n) is 3.80. The van der Waals surface area contributed by atoms with Gasteiger partial charge >= 0.3 is 0 Å². The molecule has 1 N–H and O–H groups in total. The Morgan fingerprint density at radius 2 is 1.88 bits per heavy atom. The summed E-state index contributed by atoms with van der Waals surface area (Å²) in [5, 5.41) is 12.0. The molecule has 1 aromatic carbocycles. The minimum atomic E-state index is -0.186. The van der Waals surface area contributed by atoms with Crippen LogP contribution < -0.4 is 5.32 Å². The van der Waals surface area contributed by atoms with Crippen molar-refractivity contribution in [3.8, 4) is 0 Å². The SMILES string of the molecule is Cc1nn(Cc2ccc(C(=O)Nc3ccn(C)n3)cc2)c(C)c1Cl. The fourth-order valence-corrected chi connectivity index (χ4v) is 2.57. The van der Waals surface area contributed by atoms with Crippen molar-refractivity contribution in [2.24, 2.45) is 7.05 Å². The average molecular weight is 344 g/mol. The van der Waals surface area contributed by atoms with E-state index in [1.165, 1.54) is 0 Å². The summed E-state index contributed by atoms with van der Waals surface area (Å²) in [4.78, 5) is 12.2. The first-order valence-electron chi connectivity index (χ1n) is 7.53. The number of hydrogen-bond donors (Lipinski definition) is 1. The lowest BCUT2D eigenvalue weighted by Gasteiger charge is -2.06. The Hall–Kier alpha value is -2.60. The molecule has 0 saturated heterocycles. The summed E-state index contributed by atoms with van der Waals surface area (Å²) in [5.41, 5.74) is 3.38. The van der Waals surface area contributed by atoms with Crippen molar-refractivity contribution < 1.29 is 4.79 Å². The fraction of sp³-hybridized carbons (Fsp3) is 0.235. The van der Waals surface area contributed by atoms with E-state index in [-0.39, 0.29) is 5.91 Å². The topological polar surface area (TPSA) is 64.7 Å². The Morgan fingerprint density at radius 1 is 1.17 bits per heavy atom. The monoisotopic (exact) mass is 343 g/mol. The molecule has 0 unspecified atom stereocenters. The zero-order chi connectivity index (χ0) is 17.3. The number of hydrogen-bond acceptors (Lipinski definition) is 3. The molecule has 0 aliphatic heterocycles. The molecular formula is C17H18ClN5O. The van der Waals surface area contributed by atoms with Gasteiger partial charge in [0.2, 0.25) is 0 Å². The standard InChI is InChI=1S/C17H18ClN5O/c1-11-16(18)12(2)23(20-11)10-13-4-6-14(7-5-13)17(24)19-15-8-9-22(3)21-15/h4-9H,10H2,1-3H3,(H,19,21,24). The molecule has 0 aliphatic rings. The molecule has 0 atom stereocenters. The van der Waals surface area contributed by atoms with Gasteiger partial charge in [-0.15, -0.1) is 0 Å². The van der Waals surface area contributed by atoms with Crippen molar-refractivity contribution in [1.82, 2.24) is 19.6 Å². The van der Waals surface area contributed by atoms with Crippen LogP contribution >= 0.6 is 11.6 Å². The molecule has 3 rings (SSSR count). The van der Waals surface area contributed by atoms with Crippen LogP contribution in [0.1, 0.15) is 27.3 Å². The molecule has 6 nitrogen and oxygen atoms in total. The minimum Gasteiger partial charge on any atom is -0.305 e. The normalized spacial score (nSPS) is 10.8. The molecule has 0 saturated carbocycles. The van der Waals surface area contributed by atoms with Gasteiger partial charge in [-0.25, -0.2) is 0 Å². The number of nitrogens with zero attached hydrogens (tertiary/aromatic N) is 4. The number of aryl methyl sites for hydroxylation is 2. The van der Waals surface area contributed by atoms with E-state index in [4.69, 9.17) is 11.6 Å². The quantitative estimate of drug-likeness (QED) is 0.791. The summed E-state index contributed by atoms with van der Waals surface area (Å²) in [5.74, 6) is 0.346. The first-order chi connectivity index (χ1) is 11.4. The second kappa shape index (κ2) is 6.49. The molecule has 2 aromatic heterocycles. The van der Waals surface area contributed by atoms with Gasteiger partial charge < -0.3 is 5.32 Å². The van der Waals surface area contributed by atoms with Gasteiger partial charge in [-0.05, 0) is 31.5 Å². The van der Waals surface area contributed by atoms with Gasteiger partial charge in [0.25, 0.3) is 5.91 Å². The van der Waals surface area contributed by atoms with Crippen LogP contribution in [-0.4, -0.2) is 25.5 Å². The average Bonchev–Trinajstić information content (AvgIpc) is 3.07. The van der Waals surface area contributed by atoms with E-state index < -0.39 is 0 Å². The molecule has 0 fully saturated rings. The van der Waals surface area contributed by atoms with Crippen LogP contribution in [0.4, 0.5) is 5.82 Å². The van der Waals surface area contributed by atoms with E-state index in [0.717, 1.165) is 17.0 Å².